The molecule has 102 valence electrons. The summed E-state index contributed by atoms with van der Waals surface area (Å²) in [4.78, 5) is 12.0. The van der Waals surface area contributed by atoms with Crippen LogP contribution in [0.25, 0.3) is 0 Å². The second-order valence-corrected chi connectivity index (χ2v) is 4.51. The van der Waals surface area contributed by atoms with Crippen LogP contribution in [-0.4, -0.2) is 12.5 Å². The molecule has 0 saturated heterocycles. The lowest BCUT2D eigenvalue weighted by Crippen LogP contribution is -2.11. The van der Waals surface area contributed by atoms with Crippen molar-refractivity contribution in [2.75, 3.05) is 11.9 Å². The van der Waals surface area contributed by atoms with E-state index in [-0.39, 0.29) is 17.3 Å². The predicted molar refractivity (Wildman–Crippen MR) is 79.1 cm³/mol. The van der Waals surface area contributed by atoms with Crippen LogP contribution in [-0.2, 0) is 0 Å². The van der Waals surface area contributed by atoms with Crippen LogP contribution in [0.5, 0.6) is 0 Å². The molecule has 0 unspecified atom stereocenters. The van der Waals surface area contributed by atoms with Gasteiger partial charge in [0.25, 0.3) is 5.91 Å². The fourth-order valence-electron chi connectivity index (χ4n) is 1.50. The predicted octanol–water partition coefficient (Wildman–Crippen LogP) is 3.15. The maximum atomic E-state index is 12.0. The Kier molecular flexibility index (Phi) is 4.70. The second-order valence-electron chi connectivity index (χ2n) is 3.76. The smallest absolute Gasteiger partial charge is 0.260 e. The molecule has 0 aliphatic heterocycles. The average Bonchev–Trinajstić information content (AvgIpc) is 2.86. The molecule has 1 amide bonds. The van der Waals surface area contributed by atoms with Crippen LogP contribution in [0, 0.1) is 11.8 Å². The molecule has 2 rings (SSSR count). The second kappa shape index (κ2) is 6.49. The number of nitrogens with two attached hydrogens (primary N) is 1. The summed E-state index contributed by atoms with van der Waals surface area (Å²) in [6.45, 7) is 0.259. The fourth-order valence-corrected chi connectivity index (χ4v) is 1.86. The molecule has 0 saturated carbocycles. The van der Waals surface area contributed by atoms with E-state index in [4.69, 9.17) is 33.4 Å². The highest BCUT2D eigenvalue weighted by atomic mass is 35.5. The summed E-state index contributed by atoms with van der Waals surface area (Å²) in [7, 11) is 0. The number of benzene rings is 1. The van der Waals surface area contributed by atoms with Crippen molar-refractivity contribution in [2.24, 2.45) is 5.73 Å². The van der Waals surface area contributed by atoms with Gasteiger partial charge in [-0.25, -0.2) is 0 Å². The highest BCUT2D eigenvalue weighted by Gasteiger charge is 2.14. The van der Waals surface area contributed by atoms with Gasteiger partial charge in [0.05, 0.1) is 29.1 Å². The fraction of sp³-hybridized carbons (Fsp3) is 0.0714. The standard InChI is InChI=1S/C14H10Cl2N2O2/c15-11-4-3-9(2-1-6-17)8-12(11)18-14(19)10-5-7-20-13(10)16/h3-5,7-8H,6,17H2,(H,18,19). The number of hydrogen-bond donors (Lipinski definition) is 2. The third kappa shape index (κ3) is 3.34. The lowest BCUT2D eigenvalue weighted by molar-refractivity contribution is 0.102. The summed E-state index contributed by atoms with van der Waals surface area (Å²) in [5.41, 5.74) is 6.69. The molecule has 1 heterocycles. The Morgan fingerprint density at radius 1 is 1.35 bits per heavy atom. The molecule has 4 nitrogen and oxygen atoms in total. The number of hydrogen-bond acceptors (Lipinski definition) is 3. The zero-order chi connectivity index (χ0) is 14.5. The summed E-state index contributed by atoms with van der Waals surface area (Å²) in [6.07, 6.45) is 1.34. The number of carbonyl (C=O) groups is 1. The van der Waals surface area contributed by atoms with Crippen molar-refractivity contribution in [3.05, 3.63) is 51.9 Å². The molecule has 0 aliphatic rings. The van der Waals surface area contributed by atoms with E-state index in [2.05, 4.69) is 17.2 Å². The molecule has 0 radical (unpaired) electrons. The first-order chi connectivity index (χ1) is 9.61. The normalized spacial score (nSPS) is 9.75. The Morgan fingerprint density at radius 2 is 2.15 bits per heavy atom. The summed E-state index contributed by atoms with van der Waals surface area (Å²) >= 11 is 11.8. The third-order valence-electron chi connectivity index (χ3n) is 2.41. The summed E-state index contributed by atoms with van der Waals surface area (Å²) in [6, 6.07) is 6.53. The Hall–Kier alpha value is -1.93. The number of nitrogens with one attached hydrogen (secondary N) is 1. The van der Waals surface area contributed by atoms with Crippen molar-refractivity contribution in [2.45, 2.75) is 0 Å². The van der Waals surface area contributed by atoms with E-state index in [1.807, 2.05) is 0 Å². The molecule has 2 aromatic rings. The molecule has 6 heteroatoms. The van der Waals surface area contributed by atoms with Crippen LogP contribution in [0.4, 0.5) is 5.69 Å². The van der Waals surface area contributed by atoms with Crippen molar-refractivity contribution in [3.63, 3.8) is 0 Å². The van der Waals surface area contributed by atoms with Gasteiger partial charge < -0.3 is 15.5 Å². The zero-order valence-corrected chi connectivity index (χ0v) is 11.8. The topological polar surface area (TPSA) is 68.3 Å². The van der Waals surface area contributed by atoms with Gasteiger partial charge in [0.2, 0.25) is 5.22 Å². The highest BCUT2D eigenvalue weighted by Crippen LogP contribution is 2.25. The number of rotatable bonds is 2. The SMILES string of the molecule is NCC#Cc1ccc(Cl)c(NC(=O)c2ccoc2Cl)c1. The van der Waals surface area contributed by atoms with Gasteiger partial charge in [-0.2, -0.15) is 0 Å². The molecule has 0 atom stereocenters. The van der Waals surface area contributed by atoms with Crippen LogP contribution in [0.15, 0.2) is 34.9 Å². The van der Waals surface area contributed by atoms with Gasteiger partial charge >= 0.3 is 0 Å². The maximum Gasteiger partial charge on any atom is 0.260 e. The molecule has 1 aromatic heterocycles. The number of halogens is 2. The van der Waals surface area contributed by atoms with Crippen LogP contribution in [0.1, 0.15) is 15.9 Å². The first kappa shape index (κ1) is 14.5. The largest absolute Gasteiger partial charge is 0.452 e. The van der Waals surface area contributed by atoms with Gasteiger partial charge in [-0.3, -0.25) is 4.79 Å². The van der Waals surface area contributed by atoms with Crippen LogP contribution < -0.4 is 11.1 Å². The lowest BCUT2D eigenvalue weighted by atomic mass is 10.2. The molecule has 0 aliphatic carbocycles. The minimum absolute atomic E-state index is 0.0256. The quantitative estimate of drug-likeness (QED) is 0.837. The van der Waals surface area contributed by atoms with Gasteiger partial charge in [-0.05, 0) is 35.9 Å². The van der Waals surface area contributed by atoms with E-state index >= 15 is 0 Å². The highest BCUT2D eigenvalue weighted by molar-refractivity contribution is 6.35. The zero-order valence-electron chi connectivity index (χ0n) is 10.2. The van der Waals surface area contributed by atoms with Gasteiger partial charge in [0.15, 0.2) is 0 Å². The Labute approximate surface area is 125 Å². The van der Waals surface area contributed by atoms with Gasteiger partial charge in [0, 0.05) is 5.56 Å². The van der Waals surface area contributed by atoms with Gasteiger partial charge in [-0.15, -0.1) is 0 Å². The van der Waals surface area contributed by atoms with Crippen molar-refractivity contribution in [3.8, 4) is 11.8 Å². The molecule has 0 spiro atoms. The third-order valence-corrected chi connectivity index (χ3v) is 3.03. The maximum absolute atomic E-state index is 12.0. The minimum atomic E-state index is -0.408. The average molecular weight is 309 g/mol. The number of carbonyl (C=O) groups excluding carboxylic acids is 1. The first-order valence-corrected chi connectivity index (χ1v) is 6.40. The summed E-state index contributed by atoms with van der Waals surface area (Å²) < 4.78 is 4.87. The van der Waals surface area contributed by atoms with Crippen molar-refractivity contribution in [1.29, 1.82) is 0 Å². The molecule has 1 aromatic carbocycles. The van der Waals surface area contributed by atoms with E-state index in [0.717, 1.165) is 0 Å². The molecule has 0 bridgehead atoms. The minimum Gasteiger partial charge on any atom is -0.452 e. The van der Waals surface area contributed by atoms with Gasteiger partial charge in [-0.1, -0.05) is 23.4 Å². The van der Waals surface area contributed by atoms with E-state index in [1.54, 1.807) is 18.2 Å². The summed E-state index contributed by atoms with van der Waals surface area (Å²) in [5.74, 6) is 5.18. The Bertz CT molecular complexity index is 699. The summed E-state index contributed by atoms with van der Waals surface area (Å²) in [5, 5.41) is 3.08. The lowest BCUT2D eigenvalue weighted by Gasteiger charge is -2.06. The van der Waals surface area contributed by atoms with E-state index in [0.29, 0.717) is 16.3 Å². The van der Waals surface area contributed by atoms with Crippen molar-refractivity contribution in [1.82, 2.24) is 0 Å². The van der Waals surface area contributed by atoms with Crippen LogP contribution >= 0.6 is 23.2 Å². The molecule has 0 fully saturated rings. The van der Waals surface area contributed by atoms with Crippen LogP contribution in [0.3, 0.4) is 0 Å². The Morgan fingerprint density at radius 3 is 2.80 bits per heavy atom. The van der Waals surface area contributed by atoms with Crippen molar-refractivity contribution < 1.29 is 9.21 Å². The van der Waals surface area contributed by atoms with Crippen LogP contribution in [0.2, 0.25) is 10.2 Å². The van der Waals surface area contributed by atoms with E-state index in [9.17, 15) is 4.79 Å². The van der Waals surface area contributed by atoms with Gasteiger partial charge in [0.1, 0.15) is 0 Å². The number of amides is 1. The molecule has 3 N–H and O–H groups in total. The monoisotopic (exact) mass is 308 g/mol. The molecule has 20 heavy (non-hydrogen) atoms. The number of furan rings is 1. The Balaban J connectivity index is 2.25. The van der Waals surface area contributed by atoms with Crippen molar-refractivity contribution >= 4 is 34.8 Å². The first-order valence-electron chi connectivity index (χ1n) is 5.64. The molecular formula is C14H10Cl2N2O2. The van der Waals surface area contributed by atoms with E-state index < -0.39 is 5.91 Å². The van der Waals surface area contributed by atoms with E-state index in [1.165, 1.54) is 12.3 Å². The molecular weight excluding hydrogens is 299 g/mol. The number of anilines is 1.